The summed E-state index contributed by atoms with van der Waals surface area (Å²) in [5.41, 5.74) is 11.8. The maximum atomic E-state index is 4.83. The summed E-state index contributed by atoms with van der Waals surface area (Å²) in [6.45, 7) is 8.95. The first kappa shape index (κ1) is 27.3. The predicted molar refractivity (Wildman–Crippen MR) is 170 cm³/mol. The Kier molecular flexibility index (Phi) is 8.36. The standard InChI is InChI=1S/C38H38N2/c1-5-12-28-19-22-36(40-27-28)34-18-10-9-15-30(34)16-11-17-31-20-21-32(29-13-7-6-8-14-29)25-35(31)37-26-33(23-24-39-37)38(2,3)4/h6-11,13-16,18-27H,5,12,17H2,1-4H3/b16-11+. The van der Waals surface area contributed by atoms with E-state index < -0.39 is 0 Å². The van der Waals surface area contributed by atoms with Crippen molar-refractivity contribution in [2.24, 2.45) is 0 Å². The molecular weight excluding hydrogens is 484 g/mol. The molecule has 0 unspecified atom stereocenters. The van der Waals surface area contributed by atoms with Gasteiger partial charge in [-0.05, 0) is 75.9 Å². The summed E-state index contributed by atoms with van der Waals surface area (Å²) < 4.78 is 0. The molecule has 0 atom stereocenters. The SMILES string of the molecule is CCCc1ccc(-c2ccccc2/C=C/Cc2ccc(-c3ccccc3)cc2-c2cc(C(C)(C)C)ccn2)nc1. The lowest BCUT2D eigenvalue weighted by molar-refractivity contribution is 0.589. The van der Waals surface area contributed by atoms with Crippen molar-refractivity contribution in [3.05, 3.63) is 138 Å². The fourth-order valence-electron chi connectivity index (χ4n) is 5.06. The highest BCUT2D eigenvalue weighted by molar-refractivity contribution is 5.76. The normalized spacial score (nSPS) is 11.7. The van der Waals surface area contributed by atoms with Crippen molar-refractivity contribution in [1.29, 1.82) is 0 Å². The van der Waals surface area contributed by atoms with Crippen molar-refractivity contribution in [2.45, 2.75) is 52.4 Å². The molecule has 0 spiro atoms. The Morgan fingerprint density at radius 1 is 0.700 bits per heavy atom. The first-order chi connectivity index (χ1) is 19.4. The number of aromatic nitrogens is 2. The van der Waals surface area contributed by atoms with Gasteiger partial charge >= 0.3 is 0 Å². The maximum absolute atomic E-state index is 4.83. The van der Waals surface area contributed by atoms with E-state index in [0.29, 0.717) is 0 Å². The number of rotatable bonds is 8. The molecule has 0 aliphatic rings. The Morgan fingerprint density at radius 3 is 2.25 bits per heavy atom. The molecule has 200 valence electrons. The quantitative estimate of drug-likeness (QED) is 0.203. The van der Waals surface area contributed by atoms with Crippen LogP contribution in [0.5, 0.6) is 0 Å². The van der Waals surface area contributed by atoms with Crippen LogP contribution in [0.2, 0.25) is 0 Å². The molecule has 0 saturated carbocycles. The Labute approximate surface area is 239 Å². The third-order valence-electron chi connectivity index (χ3n) is 7.35. The lowest BCUT2D eigenvalue weighted by atomic mass is 9.86. The number of nitrogens with zero attached hydrogens (tertiary/aromatic N) is 2. The van der Waals surface area contributed by atoms with Gasteiger partial charge in [0.25, 0.3) is 0 Å². The van der Waals surface area contributed by atoms with Gasteiger partial charge in [0.2, 0.25) is 0 Å². The molecule has 3 aromatic carbocycles. The van der Waals surface area contributed by atoms with E-state index in [2.05, 4.69) is 137 Å². The van der Waals surface area contributed by atoms with Crippen LogP contribution in [-0.2, 0) is 18.3 Å². The summed E-state index contributed by atoms with van der Waals surface area (Å²) in [5, 5.41) is 0. The van der Waals surface area contributed by atoms with Gasteiger partial charge < -0.3 is 0 Å². The van der Waals surface area contributed by atoms with Crippen molar-refractivity contribution in [2.75, 3.05) is 0 Å². The number of hydrogen-bond acceptors (Lipinski definition) is 2. The van der Waals surface area contributed by atoms with Crippen molar-refractivity contribution in [1.82, 2.24) is 9.97 Å². The zero-order valence-electron chi connectivity index (χ0n) is 24.1. The van der Waals surface area contributed by atoms with E-state index in [4.69, 9.17) is 9.97 Å². The van der Waals surface area contributed by atoms with Gasteiger partial charge in [-0.2, -0.15) is 0 Å². The predicted octanol–water partition coefficient (Wildman–Crippen LogP) is 9.98. The minimum Gasteiger partial charge on any atom is -0.256 e. The largest absolute Gasteiger partial charge is 0.256 e. The average molecular weight is 523 g/mol. The number of pyridine rings is 2. The molecule has 0 radical (unpaired) electrons. The van der Waals surface area contributed by atoms with E-state index in [0.717, 1.165) is 36.2 Å². The van der Waals surface area contributed by atoms with Gasteiger partial charge in [-0.25, -0.2) is 0 Å². The smallest absolute Gasteiger partial charge is 0.0708 e. The van der Waals surface area contributed by atoms with Gasteiger partial charge in [-0.3, -0.25) is 9.97 Å². The van der Waals surface area contributed by atoms with Crippen molar-refractivity contribution in [3.8, 4) is 33.6 Å². The third kappa shape index (κ3) is 6.46. The van der Waals surface area contributed by atoms with E-state index in [1.54, 1.807) is 0 Å². The lowest BCUT2D eigenvalue weighted by Crippen LogP contribution is -2.11. The van der Waals surface area contributed by atoms with Crippen molar-refractivity contribution in [3.63, 3.8) is 0 Å². The Morgan fingerprint density at radius 2 is 1.50 bits per heavy atom. The molecular formula is C38H38N2. The monoisotopic (exact) mass is 522 g/mol. The van der Waals surface area contributed by atoms with Gasteiger partial charge in [-0.15, -0.1) is 0 Å². The molecule has 0 saturated heterocycles. The number of aryl methyl sites for hydroxylation is 1. The fraction of sp³-hybridized carbons (Fsp3) is 0.211. The van der Waals surface area contributed by atoms with Crippen LogP contribution < -0.4 is 0 Å². The van der Waals surface area contributed by atoms with E-state index >= 15 is 0 Å². The highest BCUT2D eigenvalue weighted by Gasteiger charge is 2.16. The molecule has 2 nitrogen and oxygen atoms in total. The maximum Gasteiger partial charge on any atom is 0.0708 e. The van der Waals surface area contributed by atoms with E-state index in [1.807, 2.05) is 12.4 Å². The van der Waals surface area contributed by atoms with Gasteiger partial charge in [0, 0.05) is 23.5 Å². The molecule has 0 N–H and O–H groups in total. The summed E-state index contributed by atoms with van der Waals surface area (Å²) in [7, 11) is 0. The molecule has 2 heteroatoms. The minimum atomic E-state index is 0.0568. The third-order valence-corrected chi connectivity index (χ3v) is 7.35. The summed E-state index contributed by atoms with van der Waals surface area (Å²) in [5.74, 6) is 0. The van der Waals surface area contributed by atoms with Gasteiger partial charge in [0.05, 0.1) is 11.4 Å². The van der Waals surface area contributed by atoms with Gasteiger partial charge in [-0.1, -0.05) is 119 Å². The summed E-state index contributed by atoms with van der Waals surface area (Å²) in [4.78, 5) is 9.60. The van der Waals surface area contributed by atoms with Crippen LogP contribution in [0.3, 0.4) is 0 Å². The molecule has 0 aliphatic carbocycles. The number of hydrogen-bond donors (Lipinski definition) is 0. The number of benzene rings is 3. The summed E-state index contributed by atoms with van der Waals surface area (Å²) >= 11 is 0. The zero-order chi connectivity index (χ0) is 28.0. The minimum absolute atomic E-state index is 0.0568. The zero-order valence-corrected chi connectivity index (χ0v) is 24.1. The van der Waals surface area contributed by atoms with Crippen molar-refractivity contribution < 1.29 is 0 Å². The van der Waals surface area contributed by atoms with Crippen LogP contribution in [0.25, 0.3) is 39.7 Å². The topological polar surface area (TPSA) is 25.8 Å². The van der Waals surface area contributed by atoms with Crippen molar-refractivity contribution >= 4 is 6.08 Å². The molecule has 5 aromatic rings. The molecule has 0 fully saturated rings. The van der Waals surface area contributed by atoms with Crippen LogP contribution in [0, 0.1) is 0 Å². The highest BCUT2D eigenvalue weighted by atomic mass is 14.7. The second kappa shape index (κ2) is 12.3. The molecule has 0 amide bonds. The highest BCUT2D eigenvalue weighted by Crippen LogP contribution is 2.32. The van der Waals surface area contributed by atoms with E-state index in [9.17, 15) is 0 Å². The van der Waals surface area contributed by atoms with Crippen LogP contribution >= 0.6 is 0 Å². The molecule has 40 heavy (non-hydrogen) atoms. The molecule has 2 heterocycles. The van der Waals surface area contributed by atoms with Crippen LogP contribution in [0.1, 0.15) is 56.4 Å². The Hall–Kier alpha value is -4.30. The average Bonchev–Trinajstić information content (AvgIpc) is 2.98. The number of allylic oxidation sites excluding steroid dienone is 1. The van der Waals surface area contributed by atoms with Crippen LogP contribution in [-0.4, -0.2) is 9.97 Å². The van der Waals surface area contributed by atoms with Gasteiger partial charge in [0.15, 0.2) is 0 Å². The van der Waals surface area contributed by atoms with E-state index in [1.165, 1.54) is 38.9 Å². The molecule has 0 aliphatic heterocycles. The molecule has 5 rings (SSSR count). The van der Waals surface area contributed by atoms with Gasteiger partial charge in [0.1, 0.15) is 0 Å². The summed E-state index contributed by atoms with van der Waals surface area (Å²) in [6, 6.07) is 34.6. The summed E-state index contributed by atoms with van der Waals surface area (Å²) in [6.07, 6.45) is 11.4. The second-order valence-electron chi connectivity index (χ2n) is 11.4. The Bertz CT molecular complexity index is 1590. The first-order valence-electron chi connectivity index (χ1n) is 14.3. The molecule has 2 aromatic heterocycles. The van der Waals surface area contributed by atoms with Crippen LogP contribution in [0.15, 0.2) is 116 Å². The molecule has 0 bridgehead atoms. The van der Waals surface area contributed by atoms with Crippen LogP contribution in [0.4, 0.5) is 0 Å². The Balaban J connectivity index is 1.48. The first-order valence-corrected chi connectivity index (χ1v) is 14.3. The van der Waals surface area contributed by atoms with E-state index in [-0.39, 0.29) is 5.41 Å². The second-order valence-corrected chi connectivity index (χ2v) is 11.4. The lowest BCUT2D eigenvalue weighted by Gasteiger charge is -2.20. The fourth-order valence-corrected chi connectivity index (χ4v) is 5.06.